The minimum Gasteiger partial charge on any atom is -0.493 e. The van der Waals surface area contributed by atoms with E-state index in [1.54, 1.807) is 14.2 Å². The molecule has 2 rings (SSSR count). The SMILES string of the molecule is CCC(NC(=S)Nc1ccccc1)c1ccc(OC)c(OC)c1. The number of methoxy groups -OCH3 is 2. The van der Waals surface area contributed by atoms with Gasteiger partial charge >= 0.3 is 0 Å². The van der Waals surface area contributed by atoms with Crippen molar-refractivity contribution in [2.24, 2.45) is 0 Å². The molecule has 0 saturated heterocycles. The van der Waals surface area contributed by atoms with Crippen LogP contribution in [0.2, 0.25) is 0 Å². The van der Waals surface area contributed by atoms with Crippen molar-refractivity contribution in [2.45, 2.75) is 19.4 Å². The fourth-order valence-electron chi connectivity index (χ4n) is 2.34. The van der Waals surface area contributed by atoms with Crippen LogP contribution in [0.25, 0.3) is 0 Å². The molecule has 0 aliphatic heterocycles. The maximum Gasteiger partial charge on any atom is 0.171 e. The maximum absolute atomic E-state index is 5.41. The molecule has 0 fully saturated rings. The fraction of sp³-hybridized carbons (Fsp3) is 0.278. The van der Waals surface area contributed by atoms with Crippen molar-refractivity contribution >= 4 is 23.0 Å². The van der Waals surface area contributed by atoms with Gasteiger partial charge in [-0.25, -0.2) is 0 Å². The van der Waals surface area contributed by atoms with E-state index in [-0.39, 0.29) is 6.04 Å². The van der Waals surface area contributed by atoms with Gasteiger partial charge in [0.25, 0.3) is 0 Å². The summed E-state index contributed by atoms with van der Waals surface area (Å²) < 4.78 is 10.7. The summed E-state index contributed by atoms with van der Waals surface area (Å²) in [5.74, 6) is 1.43. The average Bonchev–Trinajstić information content (AvgIpc) is 2.60. The molecule has 23 heavy (non-hydrogen) atoms. The van der Waals surface area contributed by atoms with E-state index in [1.165, 1.54) is 0 Å². The van der Waals surface area contributed by atoms with Gasteiger partial charge in [0.05, 0.1) is 20.3 Å². The summed E-state index contributed by atoms with van der Waals surface area (Å²) in [6.45, 7) is 2.11. The Morgan fingerprint density at radius 3 is 2.35 bits per heavy atom. The molecule has 0 amide bonds. The van der Waals surface area contributed by atoms with Crippen LogP contribution in [0.1, 0.15) is 24.9 Å². The van der Waals surface area contributed by atoms with Crippen molar-refractivity contribution in [1.82, 2.24) is 5.32 Å². The van der Waals surface area contributed by atoms with Crippen LogP contribution in [0.5, 0.6) is 11.5 Å². The van der Waals surface area contributed by atoms with Crippen molar-refractivity contribution in [3.63, 3.8) is 0 Å². The van der Waals surface area contributed by atoms with Gasteiger partial charge < -0.3 is 20.1 Å². The summed E-state index contributed by atoms with van der Waals surface area (Å²) in [4.78, 5) is 0. The van der Waals surface area contributed by atoms with E-state index in [2.05, 4.69) is 17.6 Å². The number of anilines is 1. The Kier molecular flexibility index (Phi) is 6.23. The molecule has 0 saturated carbocycles. The highest BCUT2D eigenvalue weighted by Gasteiger charge is 2.14. The zero-order valence-corrected chi connectivity index (χ0v) is 14.4. The maximum atomic E-state index is 5.41. The van der Waals surface area contributed by atoms with E-state index >= 15 is 0 Å². The number of hydrogen-bond acceptors (Lipinski definition) is 3. The van der Waals surface area contributed by atoms with E-state index < -0.39 is 0 Å². The number of nitrogens with one attached hydrogen (secondary N) is 2. The Morgan fingerprint density at radius 1 is 1.04 bits per heavy atom. The van der Waals surface area contributed by atoms with E-state index in [0.717, 1.165) is 23.4 Å². The molecule has 0 aromatic heterocycles. The third-order valence-corrected chi connectivity index (χ3v) is 3.78. The van der Waals surface area contributed by atoms with Gasteiger partial charge in [-0.15, -0.1) is 0 Å². The largest absolute Gasteiger partial charge is 0.493 e. The second-order valence-corrected chi connectivity index (χ2v) is 5.45. The number of ether oxygens (including phenoxy) is 2. The van der Waals surface area contributed by atoms with Crippen LogP contribution >= 0.6 is 12.2 Å². The van der Waals surface area contributed by atoms with Gasteiger partial charge in [-0.05, 0) is 48.5 Å². The highest BCUT2D eigenvalue weighted by molar-refractivity contribution is 7.80. The van der Waals surface area contributed by atoms with Crippen LogP contribution in [0.4, 0.5) is 5.69 Å². The third kappa shape index (κ3) is 4.60. The van der Waals surface area contributed by atoms with Crippen LogP contribution < -0.4 is 20.1 Å². The van der Waals surface area contributed by atoms with Gasteiger partial charge in [-0.3, -0.25) is 0 Å². The Labute approximate surface area is 142 Å². The van der Waals surface area contributed by atoms with Crippen molar-refractivity contribution in [1.29, 1.82) is 0 Å². The topological polar surface area (TPSA) is 42.5 Å². The molecule has 0 aliphatic carbocycles. The second-order valence-electron chi connectivity index (χ2n) is 5.04. The summed E-state index contributed by atoms with van der Waals surface area (Å²) >= 11 is 5.41. The molecule has 5 heteroatoms. The molecule has 2 N–H and O–H groups in total. The molecule has 0 radical (unpaired) electrons. The van der Waals surface area contributed by atoms with E-state index in [4.69, 9.17) is 21.7 Å². The van der Waals surface area contributed by atoms with Gasteiger partial charge in [0, 0.05) is 5.69 Å². The monoisotopic (exact) mass is 330 g/mol. The van der Waals surface area contributed by atoms with E-state index in [9.17, 15) is 0 Å². The summed E-state index contributed by atoms with van der Waals surface area (Å²) in [7, 11) is 3.27. The molecular weight excluding hydrogens is 308 g/mol. The number of rotatable bonds is 6. The summed E-state index contributed by atoms with van der Waals surface area (Å²) in [5, 5.41) is 7.13. The van der Waals surface area contributed by atoms with Crippen LogP contribution in [0.15, 0.2) is 48.5 Å². The number of benzene rings is 2. The standard InChI is InChI=1S/C18H22N2O2S/c1-4-15(13-10-11-16(21-2)17(12-13)22-3)20-18(23)19-14-8-6-5-7-9-14/h5-12,15H,4H2,1-3H3,(H2,19,20,23). The predicted molar refractivity (Wildman–Crippen MR) is 98.4 cm³/mol. The molecule has 0 spiro atoms. The van der Waals surface area contributed by atoms with Gasteiger partial charge in [0.15, 0.2) is 16.6 Å². The van der Waals surface area contributed by atoms with Gasteiger partial charge in [-0.1, -0.05) is 31.2 Å². The second kappa shape index (κ2) is 8.39. The van der Waals surface area contributed by atoms with Crippen LogP contribution in [0, 0.1) is 0 Å². The lowest BCUT2D eigenvalue weighted by atomic mass is 10.0. The zero-order valence-electron chi connectivity index (χ0n) is 13.6. The lowest BCUT2D eigenvalue weighted by Gasteiger charge is -2.21. The first kappa shape index (κ1) is 17.1. The van der Waals surface area contributed by atoms with Gasteiger partial charge in [0.1, 0.15) is 0 Å². The minimum atomic E-state index is 0.0959. The van der Waals surface area contributed by atoms with Crippen molar-refractivity contribution < 1.29 is 9.47 Å². The minimum absolute atomic E-state index is 0.0959. The lowest BCUT2D eigenvalue weighted by molar-refractivity contribution is 0.354. The lowest BCUT2D eigenvalue weighted by Crippen LogP contribution is -2.32. The quantitative estimate of drug-likeness (QED) is 0.779. The summed E-state index contributed by atoms with van der Waals surface area (Å²) in [5.41, 5.74) is 2.06. The molecule has 0 aliphatic rings. The molecule has 0 heterocycles. The van der Waals surface area contributed by atoms with Crippen molar-refractivity contribution in [3.05, 3.63) is 54.1 Å². The van der Waals surface area contributed by atoms with Crippen molar-refractivity contribution in [3.8, 4) is 11.5 Å². The summed E-state index contributed by atoms with van der Waals surface area (Å²) in [6.07, 6.45) is 0.895. The molecule has 1 unspecified atom stereocenters. The third-order valence-electron chi connectivity index (χ3n) is 3.56. The van der Waals surface area contributed by atoms with E-state index in [0.29, 0.717) is 10.9 Å². The average molecular weight is 330 g/mol. The first-order valence-corrected chi connectivity index (χ1v) is 7.93. The molecule has 2 aromatic rings. The highest BCUT2D eigenvalue weighted by Crippen LogP contribution is 2.30. The Balaban J connectivity index is 2.09. The first-order valence-electron chi connectivity index (χ1n) is 7.52. The smallest absolute Gasteiger partial charge is 0.171 e. The van der Waals surface area contributed by atoms with Gasteiger partial charge in [-0.2, -0.15) is 0 Å². The number of para-hydroxylation sites is 1. The Bertz CT molecular complexity index is 647. The number of hydrogen-bond donors (Lipinski definition) is 2. The predicted octanol–water partition coefficient (Wildman–Crippen LogP) is 4.14. The highest BCUT2D eigenvalue weighted by atomic mass is 32.1. The molecule has 0 bridgehead atoms. The zero-order chi connectivity index (χ0) is 16.7. The van der Waals surface area contributed by atoms with Crippen LogP contribution in [-0.2, 0) is 0 Å². The molecule has 122 valence electrons. The molecular formula is C18H22N2O2S. The van der Waals surface area contributed by atoms with Gasteiger partial charge in [0.2, 0.25) is 0 Å². The van der Waals surface area contributed by atoms with Crippen LogP contribution in [-0.4, -0.2) is 19.3 Å². The first-order chi connectivity index (χ1) is 11.2. The molecule has 4 nitrogen and oxygen atoms in total. The normalized spacial score (nSPS) is 11.4. The molecule has 2 aromatic carbocycles. The van der Waals surface area contributed by atoms with Crippen molar-refractivity contribution in [2.75, 3.05) is 19.5 Å². The molecule has 1 atom stereocenters. The summed E-state index contributed by atoms with van der Waals surface area (Å²) in [6, 6.07) is 15.9. The van der Waals surface area contributed by atoms with E-state index in [1.807, 2.05) is 48.5 Å². The fourth-order valence-corrected chi connectivity index (χ4v) is 2.60. The Hall–Kier alpha value is -2.27. The Morgan fingerprint density at radius 2 is 1.74 bits per heavy atom. The van der Waals surface area contributed by atoms with Crippen LogP contribution in [0.3, 0.4) is 0 Å². The number of thiocarbonyl (C=S) groups is 1.